The van der Waals surface area contributed by atoms with Crippen molar-refractivity contribution in [2.75, 3.05) is 5.73 Å². The van der Waals surface area contributed by atoms with Gasteiger partial charge in [-0.3, -0.25) is 0 Å². The minimum atomic E-state index is 0.811. The predicted molar refractivity (Wildman–Crippen MR) is 84.5 cm³/mol. The van der Waals surface area contributed by atoms with Crippen LogP contribution in [0.15, 0.2) is 66.7 Å². The zero-order chi connectivity index (χ0) is 13.5. The molecule has 1 aliphatic carbocycles. The number of anilines is 1. The summed E-state index contributed by atoms with van der Waals surface area (Å²) in [7, 11) is 0. The van der Waals surface area contributed by atoms with E-state index in [1.54, 1.807) is 0 Å². The van der Waals surface area contributed by atoms with Crippen LogP contribution >= 0.6 is 0 Å². The third-order valence-electron chi connectivity index (χ3n) is 4.01. The molecule has 1 heteroatoms. The van der Waals surface area contributed by atoms with Crippen molar-refractivity contribution < 1.29 is 0 Å². The van der Waals surface area contributed by atoms with Crippen molar-refractivity contribution in [1.29, 1.82) is 0 Å². The Balaban J connectivity index is 1.83. The second-order valence-corrected chi connectivity index (χ2v) is 5.33. The third kappa shape index (κ3) is 1.71. The van der Waals surface area contributed by atoms with Gasteiger partial charge in [0.1, 0.15) is 0 Å². The van der Waals surface area contributed by atoms with Crippen molar-refractivity contribution in [1.82, 2.24) is 0 Å². The van der Waals surface area contributed by atoms with Gasteiger partial charge in [0.25, 0.3) is 0 Å². The van der Waals surface area contributed by atoms with Gasteiger partial charge in [-0.05, 0) is 51.9 Å². The first-order chi connectivity index (χ1) is 9.81. The molecule has 3 aromatic carbocycles. The van der Waals surface area contributed by atoms with E-state index in [2.05, 4.69) is 48.5 Å². The van der Waals surface area contributed by atoms with E-state index >= 15 is 0 Å². The molecule has 0 amide bonds. The van der Waals surface area contributed by atoms with Gasteiger partial charge in [0, 0.05) is 5.69 Å². The molecule has 0 spiro atoms. The fourth-order valence-electron chi connectivity index (χ4n) is 3.04. The van der Waals surface area contributed by atoms with Gasteiger partial charge in [-0.2, -0.15) is 0 Å². The lowest BCUT2D eigenvalue weighted by molar-refractivity contribution is 1.26. The first-order valence-electron chi connectivity index (χ1n) is 6.88. The maximum absolute atomic E-state index is 5.88. The fraction of sp³-hybridized carbons (Fsp3) is 0.0526. The molecule has 0 atom stereocenters. The van der Waals surface area contributed by atoms with Crippen LogP contribution in [-0.4, -0.2) is 0 Å². The smallest absolute Gasteiger partial charge is 0.0320 e. The van der Waals surface area contributed by atoms with E-state index in [0.29, 0.717) is 0 Å². The largest absolute Gasteiger partial charge is 0.399 e. The number of hydrogen-bond acceptors (Lipinski definition) is 1. The lowest BCUT2D eigenvalue weighted by Gasteiger charge is -2.06. The Morgan fingerprint density at radius 3 is 2.35 bits per heavy atom. The number of hydrogen-bond donors (Lipinski definition) is 1. The van der Waals surface area contributed by atoms with E-state index in [1.807, 2.05) is 18.2 Å². The zero-order valence-corrected chi connectivity index (χ0v) is 11.1. The van der Waals surface area contributed by atoms with Crippen molar-refractivity contribution in [3.63, 3.8) is 0 Å². The monoisotopic (exact) mass is 257 g/mol. The molecule has 4 rings (SSSR count). The van der Waals surface area contributed by atoms with Crippen molar-refractivity contribution in [3.05, 3.63) is 77.9 Å². The molecule has 0 unspecified atom stereocenters. The summed E-state index contributed by atoms with van der Waals surface area (Å²) < 4.78 is 0. The summed E-state index contributed by atoms with van der Waals surface area (Å²) >= 11 is 0. The normalized spacial score (nSPS) is 12.0. The summed E-state index contributed by atoms with van der Waals surface area (Å²) in [5, 5.41) is 0. The number of nitrogens with two attached hydrogens (primary N) is 1. The fourth-order valence-corrected chi connectivity index (χ4v) is 3.04. The summed E-state index contributed by atoms with van der Waals surface area (Å²) in [6, 6.07) is 23.4. The number of nitrogen functional groups attached to an aromatic ring is 1. The molecule has 0 saturated heterocycles. The topological polar surface area (TPSA) is 26.0 Å². The first kappa shape index (κ1) is 11.3. The third-order valence-corrected chi connectivity index (χ3v) is 4.01. The van der Waals surface area contributed by atoms with Crippen LogP contribution in [-0.2, 0) is 6.42 Å². The maximum atomic E-state index is 5.88. The number of rotatable bonds is 1. The molecule has 0 aliphatic heterocycles. The second-order valence-electron chi connectivity index (χ2n) is 5.33. The highest BCUT2D eigenvalue weighted by Gasteiger charge is 2.17. The van der Waals surface area contributed by atoms with Crippen LogP contribution in [0.5, 0.6) is 0 Å². The van der Waals surface area contributed by atoms with Crippen LogP contribution in [0.1, 0.15) is 11.1 Å². The van der Waals surface area contributed by atoms with E-state index in [9.17, 15) is 0 Å². The van der Waals surface area contributed by atoms with Crippen molar-refractivity contribution in [3.8, 4) is 22.3 Å². The molecule has 2 N–H and O–H groups in total. The Bertz CT molecular complexity index is 802. The van der Waals surface area contributed by atoms with E-state index in [1.165, 1.54) is 33.4 Å². The van der Waals surface area contributed by atoms with Crippen LogP contribution in [0.25, 0.3) is 22.3 Å². The Labute approximate surface area is 118 Å². The van der Waals surface area contributed by atoms with Crippen LogP contribution in [0.3, 0.4) is 0 Å². The molecule has 1 nitrogen and oxygen atoms in total. The molecule has 20 heavy (non-hydrogen) atoms. The molecular weight excluding hydrogens is 242 g/mol. The van der Waals surface area contributed by atoms with Crippen LogP contribution in [0.4, 0.5) is 5.69 Å². The highest BCUT2D eigenvalue weighted by atomic mass is 14.5. The van der Waals surface area contributed by atoms with Crippen molar-refractivity contribution in [2.45, 2.75) is 6.42 Å². The van der Waals surface area contributed by atoms with Gasteiger partial charge in [0.05, 0.1) is 0 Å². The van der Waals surface area contributed by atoms with Gasteiger partial charge in [-0.1, -0.05) is 54.6 Å². The Morgan fingerprint density at radius 2 is 1.45 bits per heavy atom. The van der Waals surface area contributed by atoms with E-state index < -0.39 is 0 Å². The van der Waals surface area contributed by atoms with Crippen LogP contribution < -0.4 is 5.73 Å². The number of benzene rings is 3. The summed E-state index contributed by atoms with van der Waals surface area (Å²) in [5.41, 5.74) is 14.7. The van der Waals surface area contributed by atoms with Gasteiger partial charge < -0.3 is 5.73 Å². The standard InChI is InChI=1S/C19H15N/c20-17-6-3-5-13(12-17)14-8-9-19-16(10-14)11-15-4-1-2-7-18(15)19/h1-10,12H,11,20H2. The minimum absolute atomic E-state index is 0.811. The molecule has 3 aromatic rings. The van der Waals surface area contributed by atoms with Gasteiger partial charge >= 0.3 is 0 Å². The van der Waals surface area contributed by atoms with E-state index in [0.717, 1.165) is 12.1 Å². The van der Waals surface area contributed by atoms with Gasteiger partial charge in [0.15, 0.2) is 0 Å². The highest BCUT2D eigenvalue weighted by molar-refractivity contribution is 5.80. The molecule has 1 aliphatic rings. The molecule has 0 saturated carbocycles. The van der Waals surface area contributed by atoms with E-state index in [4.69, 9.17) is 5.73 Å². The Hall–Kier alpha value is -2.54. The second kappa shape index (κ2) is 4.24. The zero-order valence-electron chi connectivity index (χ0n) is 11.1. The first-order valence-corrected chi connectivity index (χ1v) is 6.88. The molecule has 0 radical (unpaired) electrons. The summed E-state index contributed by atoms with van der Waals surface area (Å²) in [4.78, 5) is 0. The quantitative estimate of drug-likeness (QED) is 0.499. The molecule has 0 aromatic heterocycles. The average Bonchev–Trinajstić information content (AvgIpc) is 2.85. The average molecular weight is 257 g/mol. The van der Waals surface area contributed by atoms with Crippen LogP contribution in [0, 0.1) is 0 Å². The maximum Gasteiger partial charge on any atom is 0.0320 e. The van der Waals surface area contributed by atoms with Gasteiger partial charge in [-0.25, -0.2) is 0 Å². The molecule has 0 heterocycles. The lowest BCUT2D eigenvalue weighted by atomic mass is 9.99. The van der Waals surface area contributed by atoms with Crippen LogP contribution in [0.2, 0.25) is 0 Å². The summed E-state index contributed by atoms with van der Waals surface area (Å²) in [6.07, 6.45) is 1.03. The number of fused-ring (bicyclic) bond motifs is 3. The summed E-state index contributed by atoms with van der Waals surface area (Å²) in [5.74, 6) is 0. The Kier molecular flexibility index (Phi) is 2.40. The predicted octanol–water partition coefficient (Wildman–Crippen LogP) is 4.51. The molecular formula is C19H15N. The Morgan fingerprint density at radius 1 is 0.650 bits per heavy atom. The molecule has 0 fully saturated rings. The lowest BCUT2D eigenvalue weighted by Crippen LogP contribution is -1.87. The van der Waals surface area contributed by atoms with Crippen molar-refractivity contribution in [2.24, 2.45) is 0 Å². The molecule has 96 valence electrons. The highest BCUT2D eigenvalue weighted by Crippen LogP contribution is 2.38. The SMILES string of the molecule is Nc1cccc(-c2ccc3c(c2)Cc2ccccc2-3)c1. The summed E-state index contributed by atoms with van der Waals surface area (Å²) in [6.45, 7) is 0. The minimum Gasteiger partial charge on any atom is -0.399 e. The van der Waals surface area contributed by atoms with E-state index in [-0.39, 0.29) is 0 Å². The van der Waals surface area contributed by atoms with Gasteiger partial charge in [0.2, 0.25) is 0 Å². The van der Waals surface area contributed by atoms with Crippen molar-refractivity contribution >= 4 is 5.69 Å². The molecule has 0 bridgehead atoms. The van der Waals surface area contributed by atoms with Gasteiger partial charge in [-0.15, -0.1) is 0 Å².